The summed E-state index contributed by atoms with van der Waals surface area (Å²) < 4.78 is 0. The third-order valence-corrected chi connectivity index (χ3v) is 11.0. The van der Waals surface area contributed by atoms with Crippen molar-refractivity contribution in [3.63, 3.8) is 0 Å². The van der Waals surface area contributed by atoms with Gasteiger partial charge in [-0.15, -0.1) is 0 Å². The second-order valence-electron chi connectivity index (χ2n) is 5.91. The first-order valence-corrected chi connectivity index (χ1v) is 11.5. The predicted molar refractivity (Wildman–Crippen MR) is 100 cm³/mol. The molecule has 0 saturated heterocycles. The zero-order valence-corrected chi connectivity index (χ0v) is 14.8. The van der Waals surface area contributed by atoms with Gasteiger partial charge in [-0.05, 0) is 47.7 Å². The van der Waals surface area contributed by atoms with Crippen LogP contribution < -0.4 is 0 Å². The SMILES string of the molecule is CC1C(C2=CC=CC2)=C2C=CC=C2S1=[SiH]Cc1ccccc1. The van der Waals surface area contributed by atoms with Crippen molar-refractivity contribution < 1.29 is 0 Å². The monoisotopic (exact) mass is 320 g/mol. The Morgan fingerprint density at radius 1 is 1.14 bits per heavy atom. The van der Waals surface area contributed by atoms with Gasteiger partial charge in [0.2, 0.25) is 0 Å². The molecule has 4 rings (SSSR count). The number of allylic oxidation sites excluding steroid dienone is 8. The van der Waals surface area contributed by atoms with Crippen LogP contribution in [0.2, 0.25) is 0 Å². The molecule has 0 aromatic heterocycles. The zero-order valence-electron chi connectivity index (χ0n) is 12.8. The van der Waals surface area contributed by atoms with Gasteiger partial charge < -0.3 is 0 Å². The molecule has 0 nitrogen and oxygen atoms in total. The predicted octanol–water partition coefficient (Wildman–Crippen LogP) is 4.85. The Kier molecular flexibility index (Phi) is 3.81. The van der Waals surface area contributed by atoms with Crippen LogP contribution in [0.1, 0.15) is 18.9 Å². The quantitative estimate of drug-likeness (QED) is 0.699. The van der Waals surface area contributed by atoms with E-state index in [1.807, 2.05) is 0 Å². The second kappa shape index (κ2) is 5.94. The maximum Gasteiger partial charge on any atom is 0.0372 e. The minimum atomic E-state index is 0.426. The fraction of sp³-hybridized carbons (Fsp3) is 0.200. The molecule has 0 N–H and O–H groups in total. The van der Waals surface area contributed by atoms with Gasteiger partial charge >= 0.3 is 0 Å². The molecule has 0 saturated carbocycles. The minimum Gasteiger partial charge on any atom is -0.177 e. The average Bonchev–Trinajstić information content (AvgIpc) is 3.25. The van der Waals surface area contributed by atoms with E-state index in [-0.39, 0.29) is 0 Å². The van der Waals surface area contributed by atoms with Crippen molar-refractivity contribution in [2.24, 2.45) is 0 Å². The van der Waals surface area contributed by atoms with Gasteiger partial charge in [0.05, 0.1) is 0 Å². The van der Waals surface area contributed by atoms with Crippen LogP contribution in [-0.2, 0) is 6.04 Å². The fourth-order valence-corrected chi connectivity index (χ4v) is 9.72. The molecule has 1 aromatic carbocycles. The summed E-state index contributed by atoms with van der Waals surface area (Å²) in [4.78, 5) is 1.64. The van der Waals surface area contributed by atoms with Gasteiger partial charge in [-0.3, -0.25) is 0 Å². The van der Waals surface area contributed by atoms with Crippen LogP contribution in [0.4, 0.5) is 0 Å². The van der Waals surface area contributed by atoms with Gasteiger partial charge in [-0.1, -0.05) is 60.7 Å². The van der Waals surface area contributed by atoms with E-state index in [4.69, 9.17) is 0 Å². The smallest absolute Gasteiger partial charge is 0.0372 e. The van der Waals surface area contributed by atoms with Crippen molar-refractivity contribution in [1.82, 2.24) is 0 Å². The van der Waals surface area contributed by atoms with Crippen molar-refractivity contribution >= 4 is 18.1 Å². The molecule has 1 aliphatic heterocycles. The summed E-state index contributed by atoms with van der Waals surface area (Å²) >= 11 is 0. The highest BCUT2D eigenvalue weighted by Gasteiger charge is 2.31. The Balaban J connectivity index is 1.66. The second-order valence-corrected chi connectivity index (χ2v) is 11.1. The van der Waals surface area contributed by atoms with Gasteiger partial charge in [0.25, 0.3) is 0 Å². The van der Waals surface area contributed by atoms with Crippen LogP contribution in [-0.4, -0.2) is 13.5 Å². The largest absolute Gasteiger partial charge is 0.177 e. The lowest BCUT2D eigenvalue weighted by Crippen LogP contribution is -2.03. The number of fused-ring (bicyclic) bond motifs is 1. The Morgan fingerprint density at radius 3 is 2.77 bits per heavy atom. The molecule has 2 unspecified atom stereocenters. The molecular weight excluding hydrogens is 300 g/mol. The van der Waals surface area contributed by atoms with Crippen molar-refractivity contribution in [1.29, 1.82) is 0 Å². The lowest BCUT2D eigenvalue weighted by Gasteiger charge is -2.15. The lowest BCUT2D eigenvalue weighted by molar-refractivity contribution is 1.10. The molecule has 0 fully saturated rings. The lowest BCUT2D eigenvalue weighted by atomic mass is 9.97. The third-order valence-electron chi connectivity index (χ3n) is 4.57. The molecule has 3 aliphatic rings. The minimum absolute atomic E-state index is 0.426. The molecule has 110 valence electrons. The van der Waals surface area contributed by atoms with E-state index < -0.39 is 0 Å². The highest BCUT2D eigenvalue weighted by molar-refractivity contribution is 8.24. The molecule has 2 heteroatoms. The summed E-state index contributed by atoms with van der Waals surface area (Å²) in [5.41, 5.74) is 6.23. The fourth-order valence-electron chi connectivity index (χ4n) is 3.48. The highest BCUT2D eigenvalue weighted by atomic mass is 32.3. The van der Waals surface area contributed by atoms with Crippen LogP contribution in [0.3, 0.4) is 0 Å². The maximum absolute atomic E-state index is 2.45. The summed E-state index contributed by atoms with van der Waals surface area (Å²) in [7, 11) is 0.861. The Hall–Kier alpha value is -1.51. The highest BCUT2D eigenvalue weighted by Crippen LogP contribution is 2.52. The van der Waals surface area contributed by atoms with Crippen LogP contribution >= 0.6 is 9.89 Å². The van der Waals surface area contributed by atoms with E-state index in [1.54, 1.807) is 21.6 Å². The number of hydrogen-bond donors (Lipinski definition) is 0. The van der Waals surface area contributed by atoms with Gasteiger partial charge in [-0.2, -0.15) is 9.89 Å². The molecule has 2 atom stereocenters. The average molecular weight is 321 g/mol. The molecule has 1 heterocycles. The van der Waals surface area contributed by atoms with Crippen LogP contribution in [0.25, 0.3) is 0 Å². The molecule has 0 amide bonds. The van der Waals surface area contributed by atoms with E-state index in [0.29, 0.717) is 23.4 Å². The molecular formula is C20H20SSi. The zero-order chi connectivity index (χ0) is 14.9. The van der Waals surface area contributed by atoms with Gasteiger partial charge in [-0.25, -0.2) is 0 Å². The normalized spacial score (nSPS) is 25.9. The first-order chi connectivity index (χ1) is 10.8. The summed E-state index contributed by atoms with van der Waals surface area (Å²) in [6.45, 7) is 2.45. The standard InChI is InChI=1S/C20H20SSi/c1-15-20(17-10-5-6-11-17)18-12-7-13-19(18)21(15)22-14-16-8-3-2-4-9-16/h2-10,12-13,15,22H,11,14H2,1H3. The third kappa shape index (κ3) is 2.40. The van der Waals surface area contributed by atoms with Crippen LogP contribution in [0.15, 0.2) is 88.4 Å². The maximum atomic E-state index is 2.45. The van der Waals surface area contributed by atoms with Crippen LogP contribution in [0, 0.1) is 0 Å². The van der Waals surface area contributed by atoms with Gasteiger partial charge in [0.1, 0.15) is 0 Å². The molecule has 0 spiro atoms. The number of hydrogen-bond acceptors (Lipinski definition) is 0. The summed E-state index contributed by atoms with van der Waals surface area (Å²) in [6.07, 6.45) is 14.9. The Bertz CT molecular complexity index is 788. The van der Waals surface area contributed by atoms with Crippen molar-refractivity contribution in [2.45, 2.75) is 24.6 Å². The number of rotatable bonds is 3. The van der Waals surface area contributed by atoms with Crippen LogP contribution in [0.5, 0.6) is 0 Å². The van der Waals surface area contributed by atoms with E-state index in [9.17, 15) is 0 Å². The first kappa shape index (κ1) is 14.1. The van der Waals surface area contributed by atoms with Gasteiger partial charge in [0, 0.05) is 18.4 Å². The summed E-state index contributed by atoms with van der Waals surface area (Å²) in [5, 5.41) is 0.705. The Labute approximate surface area is 136 Å². The molecule has 1 aromatic rings. The summed E-state index contributed by atoms with van der Waals surface area (Å²) in [6, 6.07) is 12.3. The van der Waals surface area contributed by atoms with Crippen molar-refractivity contribution in [3.8, 4) is 0 Å². The molecule has 0 radical (unpaired) electrons. The van der Waals surface area contributed by atoms with E-state index in [0.717, 1.165) is 6.42 Å². The van der Waals surface area contributed by atoms with Crippen molar-refractivity contribution in [2.75, 3.05) is 0 Å². The topological polar surface area (TPSA) is 0 Å². The number of benzene rings is 1. The first-order valence-electron chi connectivity index (χ1n) is 7.93. The Morgan fingerprint density at radius 2 is 2.00 bits per heavy atom. The molecule has 0 bridgehead atoms. The molecule has 2 aliphatic carbocycles. The molecule has 22 heavy (non-hydrogen) atoms. The van der Waals surface area contributed by atoms with E-state index >= 15 is 0 Å². The van der Waals surface area contributed by atoms with E-state index in [2.05, 4.69) is 73.7 Å². The summed E-state index contributed by atoms with van der Waals surface area (Å²) in [5.74, 6) is 0. The van der Waals surface area contributed by atoms with Crippen molar-refractivity contribution in [3.05, 3.63) is 94.0 Å². The van der Waals surface area contributed by atoms with E-state index in [1.165, 1.54) is 11.6 Å². The van der Waals surface area contributed by atoms with Gasteiger partial charge in [0.15, 0.2) is 0 Å².